The Morgan fingerprint density at radius 1 is 0.786 bits per heavy atom. The molecular weight excluding hydrogens is 578 g/mol. The third-order valence-electron chi connectivity index (χ3n) is 5.73. The van der Waals surface area contributed by atoms with E-state index in [0.717, 1.165) is 35.3 Å². The number of hydrogen-bond donors (Lipinski definition) is 2. The van der Waals surface area contributed by atoms with Gasteiger partial charge in [-0.25, -0.2) is 14.1 Å². The van der Waals surface area contributed by atoms with Crippen LogP contribution in [0.2, 0.25) is 0 Å². The Labute approximate surface area is 232 Å². The molecule has 11 nitrogen and oxygen atoms in total. The minimum absolute atomic E-state index is 0.0429. The quantitative estimate of drug-likeness (QED) is 0.333. The maximum absolute atomic E-state index is 12.7. The van der Waals surface area contributed by atoms with Gasteiger partial charge in [0.2, 0.25) is 0 Å². The highest BCUT2D eigenvalue weighted by Gasteiger charge is 2.39. The molecule has 0 saturated carbocycles. The van der Waals surface area contributed by atoms with Gasteiger partial charge in [0, 0.05) is 61.1 Å². The normalized spacial score (nSPS) is 14.8. The maximum atomic E-state index is 12.7. The lowest BCUT2D eigenvalue weighted by atomic mass is 10.0. The van der Waals surface area contributed by atoms with Crippen LogP contribution in [-0.4, -0.2) is 83.2 Å². The highest BCUT2D eigenvalue weighted by Crippen LogP contribution is 2.30. The molecule has 1 aliphatic heterocycles. The molecule has 17 heteroatoms. The van der Waals surface area contributed by atoms with Crippen LogP contribution >= 0.6 is 0 Å². The zero-order valence-corrected chi connectivity index (χ0v) is 21.1. The summed E-state index contributed by atoms with van der Waals surface area (Å²) in [6.45, 7) is 1.38. The van der Waals surface area contributed by atoms with Gasteiger partial charge >= 0.3 is 24.3 Å². The van der Waals surface area contributed by atoms with Crippen LogP contribution in [0.15, 0.2) is 67.4 Å². The molecule has 1 saturated heterocycles. The van der Waals surface area contributed by atoms with Gasteiger partial charge in [-0.1, -0.05) is 11.3 Å². The first-order valence-corrected chi connectivity index (χ1v) is 11.7. The second kappa shape index (κ2) is 13.0. The van der Waals surface area contributed by atoms with E-state index in [-0.39, 0.29) is 11.8 Å². The van der Waals surface area contributed by atoms with E-state index in [2.05, 4.69) is 32.4 Å². The van der Waals surface area contributed by atoms with Crippen molar-refractivity contribution in [1.29, 1.82) is 0 Å². The number of carboxylic acids is 2. The predicted octanol–water partition coefficient (Wildman–Crippen LogP) is 4.08. The molecule has 0 aromatic carbocycles. The number of nitrogens with zero attached hydrogens (tertiary/aromatic N) is 6. The van der Waals surface area contributed by atoms with Crippen LogP contribution in [0.1, 0.15) is 28.4 Å². The number of hydrogen-bond acceptors (Lipinski definition) is 7. The zero-order chi connectivity index (χ0) is 31.1. The molecule has 0 aliphatic carbocycles. The lowest BCUT2D eigenvalue weighted by Crippen LogP contribution is -2.28. The van der Waals surface area contributed by atoms with E-state index in [9.17, 15) is 31.1 Å². The fourth-order valence-electron chi connectivity index (χ4n) is 3.76. The standard InChI is InChI=1S/C21H18N6O.2C2HF3O2/c28-21(16-5-10-23-11-6-16)26-12-7-18(13-26)20-19-2-1-17(14-27(19)25-24-20)15-3-8-22-9-4-15;2*3-2(4,5)1(6)7/h1-6,8-11,14,18H,7,12-13H2;2*(H,6,7). The largest absolute Gasteiger partial charge is 0.490 e. The lowest BCUT2D eigenvalue weighted by Gasteiger charge is -2.16. The van der Waals surface area contributed by atoms with Crippen molar-refractivity contribution in [3.63, 3.8) is 0 Å². The Morgan fingerprint density at radius 3 is 1.83 bits per heavy atom. The van der Waals surface area contributed by atoms with Crippen molar-refractivity contribution in [3.05, 3.63) is 78.6 Å². The van der Waals surface area contributed by atoms with Crippen molar-refractivity contribution in [2.45, 2.75) is 24.7 Å². The molecule has 5 heterocycles. The van der Waals surface area contributed by atoms with Crippen molar-refractivity contribution in [1.82, 2.24) is 29.7 Å². The molecule has 4 aromatic rings. The van der Waals surface area contributed by atoms with Gasteiger partial charge in [-0.05, 0) is 42.3 Å². The van der Waals surface area contributed by atoms with Gasteiger partial charge in [-0.2, -0.15) is 26.3 Å². The van der Waals surface area contributed by atoms with Crippen molar-refractivity contribution < 1.29 is 50.9 Å². The number of carbonyl (C=O) groups excluding carboxylic acids is 1. The summed E-state index contributed by atoms with van der Waals surface area (Å²) in [5, 5.41) is 23.0. The summed E-state index contributed by atoms with van der Waals surface area (Å²) in [5.74, 6) is -5.28. The highest BCUT2D eigenvalue weighted by molar-refractivity contribution is 5.94. The number of fused-ring (bicyclic) bond motifs is 1. The first-order valence-electron chi connectivity index (χ1n) is 11.7. The highest BCUT2D eigenvalue weighted by atomic mass is 19.4. The number of pyridine rings is 3. The SMILES string of the molecule is O=C(O)C(F)(F)F.O=C(O)C(F)(F)F.O=C(c1ccncc1)N1CCC(c2nnn3cc(-c4ccncc4)ccc23)C1. The van der Waals surface area contributed by atoms with Crippen molar-refractivity contribution in [2.24, 2.45) is 0 Å². The molecule has 1 atom stereocenters. The third kappa shape index (κ3) is 8.21. The van der Waals surface area contributed by atoms with Gasteiger partial charge in [-0.15, -0.1) is 5.10 Å². The fraction of sp³-hybridized carbons (Fsp3) is 0.240. The Morgan fingerprint density at radius 2 is 1.31 bits per heavy atom. The monoisotopic (exact) mass is 598 g/mol. The second-order valence-electron chi connectivity index (χ2n) is 8.54. The topological polar surface area (TPSA) is 151 Å². The minimum atomic E-state index is -5.08. The Balaban J connectivity index is 0.000000289. The zero-order valence-electron chi connectivity index (χ0n) is 21.1. The van der Waals surface area contributed by atoms with Gasteiger partial charge in [0.1, 0.15) is 0 Å². The molecule has 42 heavy (non-hydrogen) atoms. The van der Waals surface area contributed by atoms with Crippen LogP contribution in [0.25, 0.3) is 16.6 Å². The Hall–Kier alpha value is -5.09. The van der Waals surface area contributed by atoms with Gasteiger partial charge in [0.05, 0.1) is 11.2 Å². The summed E-state index contributed by atoms with van der Waals surface area (Å²) >= 11 is 0. The molecule has 1 aliphatic rings. The van der Waals surface area contributed by atoms with E-state index in [1.54, 1.807) is 36.9 Å². The van der Waals surface area contributed by atoms with Gasteiger partial charge in [-0.3, -0.25) is 14.8 Å². The average Bonchev–Trinajstić information content (AvgIpc) is 3.60. The Kier molecular flexibility index (Phi) is 9.77. The maximum Gasteiger partial charge on any atom is 0.490 e. The average molecular weight is 598 g/mol. The lowest BCUT2D eigenvalue weighted by molar-refractivity contribution is -0.193. The van der Waals surface area contributed by atoms with E-state index in [1.807, 2.05) is 27.7 Å². The molecule has 2 N–H and O–H groups in total. The van der Waals surface area contributed by atoms with E-state index in [1.165, 1.54) is 0 Å². The van der Waals surface area contributed by atoms with E-state index < -0.39 is 24.3 Å². The summed E-state index contributed by atoms with van der Waals surface area (Å²) in [4.78, 5) is 40.4. The van der Waals surface area contributed by atoms with E-state index in [4.69, 9.17) is 19.8 Å². The third-order valence-corrected chi connectivity index (χ3v) is 5.73. The molecule has 4 aromatic heterocycles. The number of likely N-dealkylation sites (tertiary alicyclic amines) is 1. The molecule has 0 bridgehead atoms. The van der Waals surface area contributed by atoms with Crippen LogP contribution in [0.4, 0.5) is 26.3 Å². The smallest absolute Gasteiger partial charge is 0.475 e. The number of aliphatic carboxylic acids is 2. The minimum Gasteiger partial charge on any atom is -0.475 e. The van der Waals surface area contributed by atoms with E-state index in [0.29, 0.717) is 12.1 Å². The fourth-order valence-corrected chi connectivity index (χ4v) is 3.76. The van der Waals surface area contributed by atoms with Crippen molar-refractivity contribution in [2.75, 3.05) is 13.1 Å². The van der Waals surface area contributed by atoms with Crippen molar-refractivity contribution in [3.8, 4) is 11.1 Å². The van der Waals surface area contributed by atoms with Gasteiger partial charge in [0.15, 0.2) is 0 Å². The van der Waals surface area contributed by atoms with Crippen LogP contribution in [0.5, 0.6) is 0 Å². The molecule has 0 radical (unpaired) electrons. The number of carboxylic acid groups (broad SMARTS) is 2. The van der Waals surface area contributed by atoms with Gasteiger partial charge < -0.3 is 15.1 Å². The number of alkyl halides is 6. The summed E-state index contributed by atoms with van der Waals surface area (Å²) in [6, 6.07) is 11.6. The van der Waals surface area contributed by atoms with Crippen LogP contribution < -0.4 is 0 Å². The summed E-state index contributed by atoms with van der Waals surface area (Å²) < 4.78 is 65.3. The number of aromatic nitrogens is 5. The van der Waals surface area contributed by atoms with Crippen molar-refractivity contribution >= 4 is 23.4 Å². The van der Waals surface area contributed by atoms with Crippen LogP contribution in [0.3, 0.4) is 0 Å². The number of halogens is 6. The van der Waals surface area contributed by atoms with Crippen LogP contribution in [-0.2, 0) is 9.59 Å². The molecule has 0 spiro atoms. The van der Waals surface area contributed by atoms with Gasteiger partial charge in [0.25, 0.3) is 5.91 Å². The first kappa shape index (κ1) is 31.4. The number of amides is 1. The van der Waals surface area contributed by atoms with Crippen LogP contribution in [0, 0.1) is 0 Å². The molecule has 5 rings (SSSR count). The molecular formula is C25H20F6N6O5. The summed E-state index contributed by atoms with van der Waals surface area (Å²) in [6.07, 6.45) is -0.451. The molecule has 1 fully saturated rings. The predicted molar refractivity (Wildman–Crippen MR) is 131 cm³/mol. The molecule has 1 unspecified atom stereocenters. The number of carbonyl (C=O) groups is 3. The summed E-state index contributed by atoms with van der Waals surface area (Å²) in [5.41, 5.74) is 4.76. The first-order chi connectivity index (χ1) is 19.7. The Bertz CT molecular complexity index is 1510. The second-order valence-corrected chi connectivity index (χ2v) is 8.54. The molecule has 222 valence electrons. The van der Waals surface area contributed by atoms with E-state index >= 15 is 0 Å². The number of rotatable bonds is 3. The summed E-state index contributed by atoms with van der Waals surface area (Å²) in [7, 11) is 0. The molecule has 1 amide bonds.